The van der Waals surface area contributed by atoms with Crippen molar-refractivity contribution in [1.82, 2.24) is 5.32 Å². The van der Waals surface area contributed by atoms with Gasteiger partial charge in [-0.25, -0.2) is 4.79 Å². The molecule has 24 heavy (non-hydrogen) atoms. The van der Waals surface area contributed by atoms with Crippen LogP contribution in [-0.2, 0) is 9.59 Å². The van der Waals surface area contributed by atoms with Gasteiger partial charge in [0, 0.05) is 17.0 Å². The van der Waals surface area contributed by atoms with Crippen molar-refractivity contribution in [3.05, 3.63) is 39.7 Å². The van der Waals surface area contributed by atoms with E-state index >= 15 is 0 Å². The zero-order chi connectivity index (χ0) is 18.0. The highest BCUT2D eigenvalue weighted by Gasteiger charge is 2.20. The van der Waals surface area contributed by atoms with Gasteiger partial charge in [-0.3, -0.25) is 9.59 Å². The average molecular weight is 333 g/mol. The summed E-state index contributed by atoms with van der Waals surface area (Å²) in [6.45, 7) is 6.40. The fourth-order valence-corrected chi connectivity index (χ4v) is 2.15. The number of benzene rings is 1. The van der Waals surface area contributed by atoms with Crippen molar-refractivity contribution >= 4 is 22.8 Å². The van der Waals surface area contributed by atoms with Crippen LogP contribution in [0.15, 0.2) is 27.4 Å². The van der Waals surface area contributed by atoms with Crippen LogP contribution >= 0.6 is 0 Å². The molecule has 0 aliphatic rings. The predicted octanol–water partition coefficient (Wildman–Crippen LogP) is 1.77. The van der Waals surface area contributed by atoms with Gasteiger partial charge in [0.1, 0.15) is 17.4 Å². The van der Waals surface area contributed by atoms with Crippen LogP contribution < -0.4 is 15.7 Å². The van der Waals surface area contributed by atoms with Crippen molar-refractivity contribution in [1.29, 1.82) is 0 Å². The third-order valence-corrected chi connectivity index (χ3v) is 3.84. The molecule has 0 bridgehead atoms. The largest absolute Gasteiger partial charge is 0.481 e. The Labute approximate surface area is 138 Å². The van der Waals surface area contributed by atoms with Crippen molar-refractivity contribution < 1.29 is 23.8 Å². The Bertz CT molecular complexity index is 854. The van der Waals surface area contributed by atoms with Gasteiger partial charge >= 0.3 is 11.6 Å². The first-order valence-electron chi connectivity index (χ1n) is 7.44. The second-order valence-corrected chi connectivity index (χ2v) is 5.63. The number of nitrogens with one attached hydrogen (secondary N) is 1. The Hall–Kier alpha value is -2.83. The Morgan fingerprint density at radius 1 is 1.21 bits per heavy atom. The Balaban J connectivity index is 2.21. The molecule has 1 unspecified atom stereocenters. The number of aliphatic carboxylic acids is 1. The highest BCUT2D eigenvalue weighted by Crippen LogP contribution is 2.24. The summed E-state index contributed by atoms with van der Waals surface area (Å²) >= 11 is 0. The summed E-state index contributed by atoms with van der Waals surface area (Å²) in [5.74, 6) is -1.33. The standard InChI is InChI=1S/C17H19NO6/c1-8-9(2)17(22)24-14-7-12(5-6-13(8)14)23-11(4)15(19)18-10(3)16(20)21/h5-7,10-11H,1-4H3,(H,18,19)(H,20,21)/t10-,11?/m0/s1. The van der Waals surface area contributed by atoms with E-state index in [1.807, 2.05) is 6.92 Å². The number of hydrogen-bond acceptors (Lipinski definition) is 5. The minimum atomic E-state index is -1.13. The van der Waals surface area contributed by atoms with E-state index in [4.69, 9.17) is 14.3 Å². The molecule has 128 valence electrons. The van der Waals surface area contributed by atoms with E-state index in [9.17, 15) is 14.4 Å². The number of carboxylic acids is 1. The number of carbonyl (C=O) groups excluding carboxylic acids is 1. The van der Waals surface area contributed by atoms with Crippen molar-refractivity contribution in [2.45, 2.75) is 39.8 Å². The SMILES string of the molecule is Cc1c(C)c2ccc(OC(C)C(=O)N[C@@H](C)C(=O)O)cc2oc1=O. The quantitative estimate of drug-likeness (QED) is 0.808. The number of carbonyl (C=O) groups is 2. The van der Waals surface area contributed by atoms with E-state index in [2.05, 4.69) is 5.32 Å². The smallest absolute Gasteiger partial charge is 0.339 e. The number of aryl methyl sites for hydroxylation is 1. The van der Waals surface area contributed by atoms with Gasteiger partial charge in [0.2, 0.25) is 0 Å². The summed E-state index contributed by atoms with van der Waals surface area (Å²) in [5, 5.41) is 11.9. The summed E-state index contributed by atoms with van der Waals surface area (Å²) in [4.78, 5) is 34.4. The first kappa shape index (κ1) is 17.5. The number of fused-ring (bicyclic) bond motifs is 1. The van der Waals surface area contributed by atoms with E-state index in [-0.39, 0.29) is 0 Å². The van der Waals surface area contributed by atoms with Crippen LogP contribution in [0.3, 0.4) is 0 Å². The summed E-state index contributed by atoms with van der Waals surface area (Å²) in [7, 11) is 0. The van der Waals surface area contributed by atoms with E-state index in [1.54, 1.807) is 19.1 Å². The molecule has 2 aromatic rings. The van der Waals surface area contributed by atoms with Gasteiger partial charge in [-0.15, -0.1) is 0 Å². The van der Waals surface area contributed by atoms with Gasteiger partial charge in [-0.05, 0) is 45.4 Å². The molecular formula is C17H19NO6. The first-order valence-corrected chi connectivity index (χ1v) is 7.44. The molecule has 2 atom stereocenters. The molecule has 1 heterocycles. The lowest BCUT2D eigenvalue weighted by Gasteiger charge is -2.17. The predicted molar refractivity (Wildman–Crippen MR) is 87.3 cm³/mol. The molecule has 7 nitrogen and oxygen atoms in total. The number of hydrogen-bond donors (Lipinski definition) is 2. The van der Waals surface area contributed by atoms with Gasteiger partial charge < -0.3 is 19.6 Å². The summed E-state index contributed by atoms with van der Waals surface area (Å²) in [5.41, 5.74) is 1.32. The summed E-state index contributed by atoms with van der Waals surface area (Å²) in [6, 6.07) is 3.94. The second-order valence-electron chi connectivity index (χ2n) is 5.63. The van der Waals surface area contributed by atoms with Crippen LogP contribution in [0, 0.1) is 13.8 Å². The lowest BCUT2D eigenvalue weighted by molar-refractivity contribution is -0.142. The highest BCUT2D eigenvalue weighted by molar-refractivity contribution is 5.86. The fourth-order valence-electron chi connectivity index (χ4n) is 2.15. The van der Waals surface area contributed by atoms with Gasteiger partial charge in [-0.2, -0.15) is 0 Å². The first-order chi connectivity index (χ1) is 11.2. The Kier molecular flexibility index (Phi) is 4.92. The third kappa shape index (κ3) is 3.56. The van der Waals surface area contributed by atoms with Gasteiger partial charge in [0.25, 0.3) is 5.91 Å². The normalized spacial score (nSPS) is 13.3. The van der Waals surface area contributed by atoms with E-state index < -0.39 is 29.6 Å². The molecule has 0 fully saturated rings. The van der Waals surface area contributed by atoms with E-state index in [0.717, 1.165) is 10.9 Å². The molecule has 0 spiro atoms. The second kappa shape index (κ2) is 6.74. The third-order valence-electron chi connectivity index (χ3n) is 3.84. The maximum absolute atomic E-state index is 11.9. The molecule has 1 aromatic carbocycles. The van der Waals surface area contributed by atoms with Crippen LogP contribution in [0.25, 0.3) is 11.0 Å². The van der Waals surface area contributed by atoms with Crippen LogP contribution in [0.4, 0.5) is 0 Å². The zero-order valence-electron chi connectivity index (χ0n) is 13.9. The number of rotatable bonds is 5. The molecular weight excluding hydrogens is 314 g/mol. The maximum atomic E-state index is 11.9. The molecule has 0 radical (unpaired) electrons. The number of ether oxygens (including phenoxy) is 1. The van der Waals surface area contributed by atoms with Crippen molar-refractivity contribution in [2.75, 3.05) is 0 Å². The van der Waals surface area contributed by atoms with E-state index in [0.29, 0.717) is 16.9 Å². The highest BCUT2D eigenvalue weighted by atomic mass is 16.5. The molecule has 0 aliphatic carbocycles. The molecule has 1 aromatic heterocycles. The summed E-state index contributed by atoms with van der Waals surface area (Å²) in [6.07, 6.45) is -0.900. The molecule has 1 amide bonds. The number of amides is 1. The van der Waals surface area contributed by atoms with Gasteiger partial charge in [0.05, 0.1) is 0 Å². The monoisotopic (exact) mass is 333 g/mol. The van der Waals surface area contributed by atoms with Crippen molar-refractivity contribution in [2.24, 2.45) is 0 Å². The maximum Gasteiger partial charge on any atom is 0.339 e. The van der Waals surface area contributed by atoms with Gasteiger partial charge in [-0.1, -0.05) is 0 Å². The molecule has 2 rings (SSSR count). The zero-order valence-corrected chi connectivity index (χ0v) is 13.9. The fraction of sp³-hybridized carbons (Fsp3) is 0.353. The molecule has 0 saturated heterocycles. The van der Waals surface area contributed by atoms with Crippen LogP contribution in [0.5, 0.6) is 5.75 Å². The van der Waals surface area contributed by atoms with Crippen LogP contribution in [0.1, 0.15) is 25.0 Å². The van der Waals surface area contributed by atoms with E-state index in [1.165, 1.54) is 19.9 Å². The van der Waals surface area contributed by atoms with Crippen LogP contribution in [0.2, 0.25) is 0 Å². The molecule has 2 N–H and O–H groups in total. The minimum absolute atomic E-state index is 0.347. The van der Waals surface area contributed by atoms with Crippen molar-refractivity contribution in [3.63, 3.8) is 0 Å². The minimum Gasteiger partial charge on any atom is -0.481 e. The van der Waals surface area contributed by atoms with Crippen molar-refractivity contribution in [3.8, 4) is 5.75 Å². The molecule has 7 heteroatoms. The molecule has 0 saturated carbocycles. The Morgan fingerprint density at radius 2 is 1.88 bits per heavy atom. The van der Waals surface area contributed by atoms with Gasteiger partial charge in [0.15, 0.2) is 6.10 Å². The lowest BCUT2D eigenvalue weighted by atomic mass is 10.1. The number of carboxylic acid groups (broad SMARTS) is 1. The lowest BCUT2D eigenvalue weighted by Crippen LogP contribution is -2.44. The van der Waals surface area contributed by atoms with Crippen LogP contribution in [-0.4, -0.2) is 29.1 Å². The topological polar surface area (TPSA) is 106 Å². The summed E-state index contributed by atoms with van der Waals surface area (Å²) < 4.78 is 10.7. The molecule has 0 aliphatic heterocycles. The Morgan fingerprint density at radius 3 is 2.50 bits per heavy atom. The average Bonchev–Trinajstić information content (AvgIpc) is 2.52.